The standard InChI is InChI=1S/C21H43Si2.Li/c1-16(2)22(17(3)4,18(5)6)14-13-15-23(19(7)8,20(9)10)21(11)12;/h14,16-21H,1-12H3;/q-1;+1. The van der Waals surface area contributed by atoms with Crippen LogP contribution in [0.2, 0.25) is 33.2 Å². The first kappa shape index (κ1) is 26.7. The number of hydrogen-bond donors (Lipinski definition) is 0. The van der Waals surface area contributed by atoms with Crippen LogP contribution in [0.15, 0.2) is 0 Å². The van der Waals surface area contributed by atoms with Gasteiger partial charge in [-0.15, -0.1) is 0 Å². The van der Waals surface area contributed by atoms with Gasteiger partial charge in [-0.2, -0.15) is 6.04 Å². The quantitative estimate of drug-likeness (QED) is 0.353. The second kappa shape index (κ2) is 10.6. The van der Waals surface area contributed by atoms with Crippen molar-refractivity contribution in [3.05, 3.63) is 6.04 Å². The molecular formula is C21H43LiSi2. The molecule has 0 spiro atoms. The first-order valence-corrected chi connectivity index (χ1v) is 14.3. The summed E-state index contributed by atoms with van der Waals surface area (Å²) in [5.41, 5.74) is 8.34. The average Bonchev–Trinajstić information content (AvgIpc) is 2.35. The van der Waals surface area contributed by atoms with Crippen LogP contribution in [0.25, 0.3) is 0 Å². The Bertz CT molecular complexity index is 368. The summed E-state index contributed by atoms with van der Waals surface area (Å²) < 4.78 is 0. The Kier molecular flexibility index (Phi) is 11.8. The molecule has 0 amide bonds. The van der Waals surface area contributed by atoms with E-state index in [9.17, 15) is 0 Å². The molecule has 0 aromatic rings. The molecule has 0 aromatic heterocycles. The van der Waals surface area contributed by atoms with Crippen molar-refractivity contribution in [2.45, 2.75) is 116 Å². The summed E-state index contributed by atoms with van der Waals surface area (Å²) >= 11 is 0. The fraction of sp³-hybridized carbons (Fsp3) is 0.857. The van der Waals surface area contributed by atoms with Gasteiger partial charge < -0.3 is 5.54 Å². The molecule has 0 aliphatic carbocycles. The molecule has 0 atom stereocenters. The predicted molar refractivity (Wildman–Crippen MR) is 114 cm³/mol. The molecule has 0 nitrogen and oxygen atoms in total. The van der Waals surface area contributed by atoms with Crippen LogP contribution in [0, 0.1) is 17.5 Å². The van der Waals surface area contributed by atoms with Crippen LogP contribution in [0.3, 0.4) is 0 Å². The Morgan fingerprint density at radius 3 is 1.04 bits per heavy atom. The van der Waals surface area contributed by atoms with Gasteiger partial charge in [-0.05, 0) is 0 Å². The molecule has 0 aliphatic heterocycles. The molecule has 0 saturated carbocycles. The number of rotatable bonds is 7. The van der Waals surface area contributed by atoms with Crippen molar-refractivity contribution in [1.29, 1.82) is 0 Å². The van der Waals surface area contributed by atoms with Gasteiger partial charge in [0.05, 0.1) is 0 Å². The van der Waals surface area contributed by atoms with Crippen molar-refractivity contribution in [2.24, 2.45) is 0 Å². The van der Waals surface area contributed by atoms with Gasteiger partial charge in [-0.3, -0.25) is 5.92 Å². The van der Waals surface area contributed by atoms with E-state index in [1.54, 1.807) is 0 Å². The summed E-state index contributed by atoms with van der Waals surface area (Å²) in [6, 6.07) is 2.53. The van der Waals surface area contributed by atoms with E-state index in [0.717, 1.165) is 33.2 Å². The minimum atomic E-state index is -1.60. The maximum Gasteiger partial charge on any atom is 1.00 e. The van der Waals surface area contributed by atoms with E-state index in [1.165, 1.54) is 0 Å². The van der Waals surface area contributed by atoms with E-state index in [4.69, 9.17) is 0 Å². The molecule has 0 heterocycles. The van der Waals surface area contributed by atoms with Crippen LogP contribution in [-0.4, -0.2) is 16.1 Å². The van der Waals surface area contributed by atoms with Gasteiger partial charge in [-0.1, -0.05) is 116 Å². The zero-order valence-corrected chi connectivity index (χ0v) is 21.0. The van der Waals surface area contributed by atoms with E-state index in [-0.39, 0.29) is 18.9 Å². The minimum Gasteiger partial charge on any atom is -0.331 e. The normalized spacial score (nSPS) is 12.9. The summed E-state index contributed by atoms with van der Waals surface area (Å²) in [4.78, 5) is 0. The monoisotopic (exact) mass is 358 g/mol. The van der Waals surface area contributed by atoms with Crippen molar-refractivity contribution in [3.63, 3.8) is 0 Å². The second-order valence-electron chi connectivity index (χ2n) is 9.27. The Morgan fingerprint density at radius 1 is 0.542 bits per heavy atom. The topological polar surface area (TPSA) is 0 Å². The van der Waals surface area contributed by atoms with Crippen LogP contribution in [-0.2, 0) is 0 Å². The maximum absolute atomic E-state index is 3.92. The maximum atomic E-state index is 3.92. The second-order valence-corrected chi connectivity index (χ2v) is 20.6. The van der Waals surface area contributed by atoms with Crippen molar-refractivity contribution in [3.8, 4) is 11.5 Å². The molecule has 0 radical (unpaired) electrons. The van der Waals surface area contributed by atoms with Crippen molar-refractivity contribution < 1.29 is 18.9 Å². The first-order valence-electron chi connectivity index (χ1n) is 9.74. The van der Waals surface area contributed by atoms with Crippen LogP contribution >= 0.6 is 0 Å². The predicted octanol–water partition coefficient (Wildman–Crippen LogP) is 4.63. The fourth-order valence-electron chi connectivity index (χ4n) is 5.22. The van der Waals surface area contributed by atoms with Gasteiger partial charge in [0.2, 0.25) is 0 Å². The largest absolute Gasteiger partial charge is 1.00 e. The van der Waals surface area contributed by atoms with Gasteiger partial charge in [0, 0.05) is 16.1 Å². The average molecular weight is 359 g/mol. The molecule has 0 fully saturated rings. The summed E-state index contributed by atoms with van der Waals surface area (Å²) in [5, 5.41) is 0. The van der Waals surface area contributed by atoms with E-state index in [1.807, 2.05) is 0 Å². The van der Waals surface area contributed by atoms with Crippen molar-refractivity contribution in [1.82, 2.24) is 0 Å². The third-order valence-electron chi connectivity index (χ3n) is 6.48. The minimum absolute atomic E-state index is 0. The summed E-state index contributed by atoms with van der Waals surface area (Å²) in [6.07, 6.45) is 0. The van der Waals surface area contributed by atoms with Gasteiger partial charge in [0.15, 0.2) is 0 Å². The van der Waals surface area contributed by atoms with Gasteiger partial charge in [-0.25, -0.2) is 0 Å². The van der Waals surface area contributed by atoms with Gasteiger partial charge in [0.1, 0.15) is 0 Å². The zero-order valence-electron chi connectivity index (χ0n) is 19.0. The molecule has 3 heteroatoms. The Morgan fingerprint density at radius 2 is 0.833 bits per heavy atom. The van der Waals surface area contributed by atoms with Crippen LogP contribution < -0.4 is 18.9 Å². The van der Waals surface area contributed by atoms with Crippen LogP contribution in [0.5, 0.6) is 0 Å². The molecule has 136 valence electrons. The van der Waals surface area contributed by atoms with Gasteiger partial charge in [0.25, 0.3) is 0 Å². The molecule has 0 bridgehead atoms. The van der Waals surface area contributed by atoms with Crippen molar-refractivity contribution >= 4 is 16.1 Å². The molecule has 0 aliphatic rings. The summed E-state index contributed by atoms with van der Waals surface area (Å²) in [6.45, 7) is 28.9. The zero-order chi connectivity index (χ0) is 18.6. The van der Waals surface area contributed by atoms with E-state index < -0.39 is 16.1 Å². The summed E-state index contributed by atoms with van der Waals surface area (Å²) in [5.74, 6) is 3.70. The van der Waals surface area contributed by atoms with E-state index >= 15 is 0 Å². The first-order chi connectivity index (χ1) is 10.4. The fourth-order valence-corrected chi connectivity index (χ4v) is 15.9. The van der Waals surface area contributed by atoms with Gasteiger partial charge >= 0.3 is 18.9 Å². The Hall–Kier alpha value is 0.461. The Labute approximate surface area is 168 Å². The molecular weight excluding hydrogens is 315 g/mol. The third-order valence-corrected chi connectivity index (χ3v) is 19.4. The van der Waals surface area contributed by atoms with Crippen molar-refractivity contribution in [2.75, 3.05) is 0 Å². The number of hydrogen-bond acceptors (Lipinski definition) is 0. The SMILES string of the molecule is CC(C)[Si](C#C[CH-][Si](C(C)C)(C(C)C)C(C)C)(C(C)C)C(C)C.[Li+]. The van der Waals surface area contributed by atoms with E-state index in [2.05, 4.69) is 101 Å². The van der Waals surface area contributed by atoms with Crippen LogP contribution in [0.4, 0.5) is 0 Å². The van der Waals surface area contributed by atoms with E-state index in [0.29, 0.717) is 0 Å². The summed E-state index contributed by atoms with van der Waals surface area (Å²) in [7, 11) is -3.11. The third kappa shape index (κ3) is 5.23. The smallest absolute Gasteiger partial charge is 0.331 e. The molecule has 0 rings (SSSR count). The molecule has 0 aromatic carbocycles. The molecule has 0 saturated heterocycles. The molecule has 24 heavy (non-hydrogen) atoms. The Balaban J connectivity index is 0. The molecule has 0 unspecified atom stereocenters. The molecule has 0 N–H and O–H groups in total. The van der Waals surface area contributed by atoms with Crippen LogP contribution in [0.1, 0.15) is 83.1 Å².